The van der Waals surface area contributed by atoms with Crippen LogP contribution in [0.2, 0.25) is 10.0 Å². The van der Waals surface area contributed by atoms with E-state index in [-0.39, 0.29) is 6.61 Å². The van der Waals surface area contributed by atoms with Gasteiger partial charge in [-0.1, -0.05) is 29.3 Å². The molecule has 88 valence electrons. The summed E-state index contributed by atoms with van der Waals surface area (Å²) in [4.78, 5) is 10.9. The molecular formula is C9H8Cl2O4S. The highest BCUT2D eigenvalue weighted by Gasteiger charge is 2.07. The standard InChI is InChI=1S/C9H8Cl2O4S/c10-7-2-1-6(3-8(7)11)4-15-9(12)5-16(13)14/h1-3H,4-5H2,(H,13,14). The fourth-order valence-corrected chi connectivity index (χ4v) is 1.54. The van der Waals surface area contributed by atoms with E-state index >= 15 is 0 Å². The van der Waals surface area contributed by atoms with Crippen LogP contribution in [0.3, 0.4) is 0 Å². The summed E-state index contributed by atoms with van der Waals surface area (Å²) in [5.41, 5.74) is 0.659. The molecule has 0 heterocycles. The molecule has 0 bridgehead atoms. The smallest absolute Gasteiger partial charge is 0.321 e. The first-order chi connectivity index (χ1) is 7.49. The molecule has 7 heteroatoms. The first-order valence-corrected chi connectivity index (χ1v) is 6.19. The van der Waals surface area contributed by atoms with Gasteiger partial charge in [0.25, 0.3) is 0 Å². The van der Waals surface area contributed by atoms with Gasteiger partial charge in [-0.15, -0.1) is 0 Å². The second kappa shape index (κ2) is 6.20. The summed E-state index contributed by atoms with van der Waals surface area (Å²) in [6.45, 7) is -0.00702. The van der Waals surface area contributed by atoms with E-state index in [0.29, 0.717) is 15.6 Å². The van der Waals surface area contributed by atoms with E-state index in [2.05, 4.69) is 0 Å². The normalized spacial score (nSPS) is 12.2. The van der Waals surface area contributed by atoms with E-state index in [1.54, 1.807) is 18.2 Å². The highest BCUT2D eigenvalue weighted by molar-refractivity contribution is 7.80. The predicted octanol–water partition coefficient (Wildman–Crippen LogP) is 2.26. The topological polar surface area (TPSA) is 63.6 Å². The van der Waals surface area contributed by atoms with Crippen LogP contribution in [0.5, 0.6) is 0 Å². The Balaban J connectivity index is 2.51. The first kappa shape index (κ1) is 13.4. The van der Waals surface area contributed by atoms with Crippen molar-refractivity contribution in [1.29, 1.82) is 0 Å². The van der Waals surface area contributed by atoms with Crippen molar-refractivity contribution in [2.45, 2.75) is 6.61 Å². The molecular weight excluding hydrogens is 275 g/mol. The fourth-order valence-electron chi connectivity index (χ4n) is 0.936. The van der Waals surface area contributed by atoms with Gasteiger partial charge in [0.1, 0.15) is 12.4 Å². The Kier molecular flexibility index (Phi) is 5.21. The highest BCUT2D eigenvalue weighted by atomic mass is 35.5. The molecule has 1 aromatic carbocycles. The number of rotatable bonds is 4. The van der Waals surface area contributed by atoms with E-state index < -0.39 is 22.8 Å². The minimum Gasteiger partial charge on any atom is -0.460 e. The number of benzene rings is 1. The summed E-state index contributed by atoms with van der Waals surface area (Å²) in [6, 6.07) is 4.79. The Morgan fingerprint density at radius 2 is 2.06 bits per heavy atom. The van der Waals surface area contributed by atoms with Crippen molar-refractivity contribution in [1.82, 2.24) is 0 Å². The second-order valence-electron chi connectivity index (χ2n) is 2.87. The van der Waals surface area contributed by atoms with Crippen LogP contribution in [0.25, 0.3) is 0 Å². The van der Waals surface area contributed by atoms with E-state index in [1.165, 1.54) is 0 Å². The van der Waals surface area contributed by atoms with Gasteiger partial charge in [-0.3, -0.25) is 4.79 Å². The molecule has 16 heavy (non-hydrogen) atoms. The lowest BCUT2D eigenvalue weighted by Crippen LogP contribution is -2.13. The van der Waals surface area contributed by atoms with Gasteiger partial charge in [0.2, 0.25) is 0 Å². The third kappa shape index (κ3) is 4.49. The van der Waals surface area contributed by atoms with E-state index in [0.717, 1.165) is 0 Å². The maximum Gasteiger partial charge on any atom is 0.321 e. The Hall–Kier alpha value is -0.620. The van der Waals surface area contributed by atoms with Crippen molar-refractivity contribution >= 4 is 40.3 Å². The minimum atomic E-state index is -2.18. The van der Waals surface area contributed by atoms with Crippen LogP contribution in [-0.4, -0.2) is 20.5 Å². The number of carbonyl (C=O) groups excluding carboxylic acids is 1. The van der Waals surface area contributed by atoms with Crippen LogP contribution in [0.4, 0.5) is 0 Å². The minimum absolute atomic E-state index is 0.00702. The third-order valence-electron chi connectivity index (χ3n) is 1.63. The average molecular weight is 283 g/mol. The number of hydrogen-bond donors (Lipinski definition) is 1. The van der Waals surface area contributed by atoms with E-state index in [4.69, 9.17) is 32.5 Å². The van der Waals surface area contributed by atoms with Gasteiger partial charge in [-0.05, 0) is 17.7 Å². The second-order valence-corrected chi connectivity index (χ2v) is 4.62. The molecule has 1 rings (SSSR count). The van der Waals surface area contributed by atoms with Crippen LogP contribution in [0, 0.1) is 0 Å². The molecule has 0 radical (unpaired) electrons. The van der Waals surface area contributed by atoms with Gasteiger partial charge in [-0.2, -0.15) is 0 Å². The average Bonchev–Trinajstić information content (AvgIpc) is 2.19. The summed E-state index contributed by atoms with van der Waals surface area (Å²) in [5, 5.41) is 0.772. The van der Waals surface area contributed by atoms with Crippen molar-refractivity contribution in [2.24, 2.45) is 0 Å². The molecule has 1 atom stereocenters. The molecule has 0 saturated heterocycles. The van der Waals surface area contributed by atoms with Gasteiger partial charge in [0.05, 0.1) is 10.0 Å². The highest BCUT2D eigenvalue weighted by Crippen LogP contribution is 2.22. The van der Waals surface area contributed by atoms with Crippen LogP contribution in [0.1, 0.15) is 5.56 Å². The Bertz CT molecular complexity index is 422. The molecule has 1 N–H and O–H groups in total. The molecule has 0 aliphatic heterocycles. The summed E-state index contributed by atoms with van der Waals surface area (Å²) < 4.78 is 23.5. The first-order valence-electron chi connectivity index (χ1n) is 4.16. The summed E-state index contributed by atoms with van der Waals surface area (Å²) >= 11 is 9.27. The Labute approximate surface area is 105 Å². The van der Waals surface area contributed by atoms with Crippen molar-refractivity contribution in [3.63, 3.8) is 0 Å². The molecule has 0 aliphatic rings. The maximum atomic E-state index is 10.9. The molecule has 1 unspecified atom stereocenters. The number of hydrogen-bond acceptors (Lipinski definition) is 3. The summed E-state index contributed by atoms with van der Waals surface area (Å²) in [6.07, 6.45) is 0. The predicted molar refractivity (Wildman–Crippen MR) is 61.9 cm³/mol. The number of carbonyl (C=O) groups is 1. The molecule has 1 aromatic rings. The largest absolute Gasteiger partial charge is 0.460 e. The van der Waals surface area contributed by atoms with Crippen LogP contribution in [-0.2, 0) is 27.2 Å². The number of halogens is 2. The Morgan fingerprint density at radius 1 is 1.38 bits per heavy atom. The Morgan fingerprint density at radius 3 is 2.62 bits per heavy atom. The zero-order valence-electron chi connectivity index (χ0n) is 7.98. The lowest BCUT2D eigenvalue weighted by molar-refractivity contribution is -0.141. The van der Waals surface area contributed by atoms with Crippen molar-refractivity contribution in [3.05, 3.63) is 33.8 Å². The molecule has 0 saturated carbocycles. The maximum absolute atomic E-state index is 10.9. The lowest BCUT2D eigenvalue weighted by atomic mass is 10.2. The number of esters is 1. The van der Waals surface area contributed by atoms with Crippen LogP contribution < -0.4 is 0 Å². The number of ether oxygens (including phenoxy) is 1. The molecule has 0 fully saturated rings. The monoisotopic (exact) mass is 282 g/mol. The quantitative estimate of drug-likeness (QED) is 0.680. The van der Waals surface area contributed by atoms with Crippen molar-refractivity contribution in [3.8, 4) is 0 Å². The zero-order valence-corrected chi connectivity index (χ0v) is 10.3. The summed E-state index contributed by atoms with van der Waals surface area (Å²) in [7, 11) is 0. The molecule has 0 aliphatic carbocycles. The van der Waals surface area contributed by atoms with Crippen molar-refractivity contribution in [2.75, 3.05) is 5.75 Å². The van der Waals surface area contributed by atoms with Gasteiger partial charge in [0, 0.05) is 0 Å². The van der Waals surface area contributed by atoms with Gasteiger partial charge in [-0.25, -0.2) is 4.21 Å². The van der Waals surface area contributed by atoms with E-state index in [1.807, 2.05) is 0 Å². The van der Waals surface area contributed by atoms with Crippen molar-refractivity contribution < 1.29 is 18.3 Å². The molecule has 4 nitrogen and oxygen atoms in total. The summed E-state index contributed by atoms with van der Waals surface area (Å²) in [5.74, 6) is -1.28. The SMILES string of the molecule is O=C(CS(=O)O)OCc1ccc(Cl)c(Cl)c1. The van der Waals surface area contributed by atoms with Gasteiger partial charge in [0.15, 0.2) is 11.1 Å². The van der Waals surface area contributed by atoms with Gasteiger partial charge < -0.3 is 9.29 Å². The van der Waals surface area contributed by atoms with E-state index in [9.17, 15) is 9.00 Å². The van der Waals surface area contributed by atoms with Gasteiger partial charge >= 0.3 is 5.97 Å². The molecule has 0 amide bonds. The fraction of sp³-hybridized carbons (Fsp3) is 0.222. The van der Waals surface area contributed by atoms with Crippen LogP contribution in [0.15, 0.2) is 18.2 Å². The zero-order chi connectivity index (χ0) is 12.1. The third-order valence-corrected chi connectivity index (χ3v) is 2.85. The lowest BCUT2D eigenvalue weighted by Gasteiger charge is -2.04. The molecule has 0 aromatic heterocycles. The molecule has 0 spiro atoms. The van der Waals surface area contributed by atoms with Crippen LogP contribution >= 0.6 is 23.2 Å².